The second kappa shape index (κ2) is 10.0. The summed E-state index contributed by atoms with van der Waals surface area (Å²) in [7, 11) is 4.72. The van der Waals surface area contributed by atoms with Gasteiger partial charge in [-0.25, -0.2) is 4.99 Å². The van der Waals surface area contributed by atoms with Gasteiger partial charge in [0.05, 0.1) is 38.0 Å². The van der Waals surface area contributed by atoms with Crippen molar-refractivity contribution in [2.45, 2.75) is 26.3 Å². The molecule has 0 radical (unpaired) electrons. The van der Waals surface area contributed by atoms with Crippen LogP contribution in [0.1, 0.15) is 37.4 Å². The Morgan fingerprint density at radius 1 is 1.09 bits per heavy atom. The van der Waals surface area contributed by atoms with Gasteiger partial charge in [0, 0.05) is 17.0 Å². The minimum Gasteiger partial charge on any atom is -0.493 e. The number of aliphatic imine (C=N–C) groups is 1. The van der Waals surface area contributed by atoms with Crippen LogP contribution >= 0.6 is 23.4 Å². The van der Waals surface area contributed by atoms with E-state index in [4.69, 9.17) is 35.5 Å². The molecule has 0 amide bonds. The van der Waals surface area contributed by atoms with Gasteiger partial charge in [0.1, 0.15) is 0 Å². The molecule has 0 saturated heterocycles. The largest absolute Gasteiger partial charge is 0.493 e. The quantitative estimate of drug-likeness (QED) is 0.431. The number of hydrogen-bond donors (Lipinski definition) is 0. The first-order valence-electron chi connectivity index (χ1n) is 10.6. The van der Waals surface area contributed by atoms with Gasteiger partial charge in [0.2, 0.25) is 11.6 Å². The molecule has 34 heavy (non-hydrogen) atoms. The maximum Gasteiger partial charge on any atom is 0.312 e. The Hall–Kier alpha value is -3.10. The Morgan fingerprint density at radius 2 is 1.74 bits per heavy atom. The van der Waals surface area contributed by atoms with Crippen molar-refractivity contribution in [3.05, 3.63) is 69.4 Å². The highest BCUT2D eigenvalue weighted by Gasteiger charge is 2.39. The number of halogens is 1. The third kappa shape index (κ3) is 4.48. The summed E-state index contributed by atoms with van der Waals surface area (Å²) >= 11 is 7.56. The molecule has 9 heteroatoms. The molecule has 7 nitrogen and oxygen atoms in total. The average molecular weight is 501 g/mol. The molecule has 1 unspecified atom stereocenters. The van der Waals surface area contributed by atoms with Crippen molar-refractivity contribution in [1.29, 1.82) is 0 Å². The summed E-state index contributed by atoms with van der Waals surface area (Å²) in [5.74, 6) is 1.72. The van der Waals surface area contributed by atoms with E-state index in [0.29, 0.717) is 33.3 Å². The number of rotatable bonds is 7. The fraction of sp³-hybridized carbons (Fsp3) is 0.280. The molecular formula is C25H25ClN2O5S. The summed E-state index contributed by atoms with van der Waals surface area (Å²) in [6.07, 6.45) is 2.29. The summed E-state index contributed by atoms with van der Waals surface area (Å²) in [4.78, 5) is 19.9. The van der Waals surface area contributed by atoms with E-state index in [1.807, 2.05) is 54.3 Å². The van der Waals surface area contributed by atoms with Crippen LogP contribution in [0.4, 0.5) is 0 Å². The molecule has 2 aromatic carbocycles. The van der Waals surface area contributed by atoms with Gasteiger partial charge in [-0.2, -0.15) is 0 Å². The lowest BCUT2D eigenvalue weighted by molar-refractivity contribution is -0.141. The standard InChI is InChI=1S/C25H25ClN2O5S/c1-6-22(29)33-24-14(2)34-25-27-18(15-7-9-17(26)10-8-15)13-19(28(24)25)16-11-20(30-3)23(32-5)21(12-16)31-4/h7-13,19H,6H2,1-5H3. The number of nitrogens with zero attached hydrogens (tertiary/aromatic N) is 2. The Bertz CT molecular complexity index is 1180. The third-order valence-corrected chi connectivity index (χ3v) is 6.65. The van der Waals surface area contributed by atoms with E-state index in [0.717, 1.165) is 21.7 Å². The molecule has 178 valence electrons. The smallest absolute Gasteiger partial charge is 0.312 e. The molecule has 0 fully saturated rings. The molecule has 2 aromatic rings. The van der Waals surface area contributed by atoms with Crippen molar-refractivity contribution >= 4 is 40.2 Å². The number of methoxy groups -OCH3 is 3. The molecule has 2 heterocycles. The minimum absolute atomic E-state index is 0.266. The number of amidine groups is 1. The number of fused-ring (bicyclic) bond motifs is 1. The number of thioether (sulfide) groups is 1. The fourth-order valence-electron chi connectivity index (χ4n) is 3.77. The van der Waals surface area contributed by atoms with Gasteiger partial charge in [-0.3, -0.25) is 9.69 Å². The predicted octanol–water partition coefficient (Wildman–Crippen LogP) is 6.01. The second-order valence-corrected chi connectivity index (χ2v) is 9.14. The van der Waals surface area contributed by atoms with Crippen molar-refractivity contribution in [3.63, 3.8) is 0 Å². The Kier molecular flexibility index (Phi) is 7.09. The molecule has 2 aliphatic rings. The van der Waals surface area contributed by atoms with Crippen LogP contribution in [-0.4, -0.2) is 37.4 Å². The normalized spacial score (nSPS) is 17.1. The monoisotopic (exact) mass is 500 g/mol. The zero-order chi connectivity index (χ0) is 24.4. The van der Waals surface area contributed by atoms with E-state index in [2.05, 4.69) is 0 Å². The molecule has 0 aliphatic carbocycles. The molecular weight excluding hydrogens is 476 g/mol. The Balaban J connectivity index is 1.88. The number of carbonyl (C=O) groups excluding carboxylic acids is 1. The molecule has 0 saturated carbocycles. The van der Waals surface area contributed by atoms with Gasteiger partial charge in [0.25, 0.3) is 0 Å². The number of carbonyl (C=O) groups is 1. The molecule has 1 atom stereocenters. The van der Waals surface area contributed by atoms with Gasteiger partial charge in [-0.05, 0) is 42.8 Å². The van der Waals surface area contributed by atoms with E-state index < -0.39 is 0 Å². The summed E-state index contributed by atoms with van der Waals surface area (Å²) in [6, 6.07) is 11.0. The van der Waals surface area contributed by atoms with Crippen LogP contribution in [-0.2, 0) is 9.53 Å². The van der Waals surface area contributed by atoms with E-state index in [-0.39, 0.29) is 18.4 Å². The Labute approximate surface area is 208 Å². The van der Waals surface area contributed by atoms with Crippen molar-refractivity contribution in [2.24, 2.45) is 4.99 Å². The van der Waals surface area contributed by atoms with Crippen LogP contribution in [0.15, 0.2) is 58.3 Å². The lowest BCUT2D eigenvalue weighted by Crippen LogP contribution is -2.32. The van der Waals surface area contributed by atoms with Gasteiger partial charge in [-0.1, -0.05) is 42.4 Å². The fourth-order valence-corrected chi connectivity index (χ4v) is 4.84. The summed E-state index contributed by atoms with van der Waals surface area (Å²) in [5, 5.41) is 1.36. The number of hydrogen-bond acceptors (Lipinski definition) is 8. The summed E-state index contributed by atoms with van der Waals surface area (Å²) < 4.78 is 22.4. The van der Waals surface area contributed by atoms with Gasteiger partial charge >= 0.3 is 5.97 Å². The maximum absolute atomic E-state index is 12.2. The second-order valence-electron chi connectivity index (χ2n) is 7.52. The first-order chi connectivity index (χ1) is 16.4. The van der Waals surface area contributed by atoms with Crippen molar-refractivity contribution in [2.75, 3.05) is 21.3 Å². The maximum atomic E-state index is 12.2. The lowest BCUT2D eigenvalue weighted by atomic mass is 10.00. The molecule has 0 N–H and O–H groups in total. The molecule has 4 rings (SSSR count). The highest BCUT2D eigenvalue weighted by Crippen LogP contribution is 2.48. The highest BCUT2D eigenvalue weighted by molar-refractivity contribution is 8.17. The van der Waals surface area contributed by atoms with Crippen LogP contribution in [0.25, 0.3) is 5.70 Å². The highest BCUT2D eigenvalue weighted by atomic mass is 35.5. The van der Waals surface area contributed by atoms with Crippen LogP contribution in [0.5, 0.6) is 17.2 Å². The van der Waals surface area contributed by atoms with Crippen LogP contribution in [0, 0.1) is 0 Å². The van der Waals surface area contributed by atoms with Crippen molar-refractivity contribution in [3.8, 4) is 17.2 Å². The van der Waals surface area contributed by atoms with E-state index in [9.17, 15) is 4.79 Å². The number of esters is 1. The van der Waals surface area contributed by atoms with Crippen LogP contribution in [0.2, 0.25) is 5.02 Å². The predicted molar refractivity (Wildman–Crippen MR) is 134 cm³/mol. The van der Waals surface area contributed by atoms with E-state index in [1.54, 1.807) is 28.3 Å². The third-order valence-electron chi connectivity index (χ3n) is 5.45. The van der Waals surface area contributed by atoms with Crippen LogP contribution in [0.3, 0.4) is 0 Å². The van der Waals surface area contributed by atoms with Crippen molar-refractivity contribution < 1.29 is 23.7 Å². The molecule has 0 aromatic heterocycles. The molecule has 2 aliphatic heterocycles. The topological polar surface area (TPSA) is 69.6 Å². The van der Waals surface area contributed by atoms with Crippen LogP contribution < -0.4 is 14.2 Å². The average Bonchev–Trinajstić information content (AvgIpc) is 3.17. The number of ether oxygens (including phenoxy) is 4. The van der Waals surface area contributed by atoms with Gasteiger partial charge in [0.15, 0.2) is 16.7 Å². The SMILES string of the molecule is CCC(=O)OC1=C(C)SC2=NC(c3ccc(Cl)cc3)=CC(c3cc(OC)c(OC)c(OC)c3)N21. The molecule has 0 spiro atoms. The summed E-state index contributed by atoms with van der Waals surface area (Å²) in [6.45, 7) is 3.68. The first-order valence-corrected chi connectivity index (χ1v) is 11.8. The van der Waals surface area contributed by atoms with Gasteiger partial charge < -0.3 is 18.9 Å². The zero-order valence-corrected chi connectivity index (χ0v) is 21.1. The van der Waals surface area contributed by atoms with Gasteiger partial charge in [-0.15, -0.1) is 0 Å². The number of benzene rings is 2. The molecule has 0 bridgehead atoms. The van der Waals surface area contributed by atoms with E-state index in [1.165, 1.54) is 11.8 Å². The van der Waals surface area contributed by atoms with Crippen molar-refractivity contribution in [1.82, 2.24) is 4.90 Å². The number of allylic oxidation sites excluding steroid dienone is 1. The minimum atomic E-state index is -0.350. The lowest BCUT2D eigenvalue weighted by Gasteiger charge is -2.33. The van der Waals surface area contributed by atoms with E-state index >= 15 is 0 Å². The summed E-state index contributed by atoms with van der Waals surface area (Å²) in [5.41, 5.74) is 2.56. The Morgan fingerprint density at radius 3 is 2.29 bits per heavy atom. The first kappa shape index (κ1) is 24.0. The zero-order valence-electron chi connectivity index (χ0n) is 19.5.